The van der Waals surface area contributed by atoms with E-state index in [0.29, 0.717) is 23.2 Å². The Hall–Kier alpha value is -2.69. The number of fused-ring (bicyclic) bond motifs is 1. The summed E-state index contributed by atoms with van der Waals surface area (Å²) in [4.78, 5) is 16.7. The molecule has 122 valence electrons. The van der Waals surface area contributed by atoms with Crippen molar-refractivity contribution in [2.45, 2.75) is 38.6 Å². The van der Waals surface area contributed by atoms with Crippen molar-refractivity contribution >= 4 is 11.6 Å². The van der Waals surface area contributed by atoms with Crippen LogP contribution in [-0.2, 0) is 0 Å². The molecule has 0 radical (unpaired) electrons. The van der Waals surface area contributed by atoms with E-state index in [1.54, 1.807) is 16.9 Å². The van der Waals surface area contributed by atoms with Crippen LogP contribution in [0.25, 0.3) is 16.9 Å². The molecule has 0 saturated heterocycles. The third kappa shape index (κ3) is 2.66. The molecule has 5 heteroatoms. The summed E-state index contributed by atoms with van der Waals surface area (Å²) in [6, 6.07) is 10.7. The molecule has 3 aromatic rings. The molecule has 1 N–H and O–H groups in total. The summed E-state index contributed by atoms with van der Waals surface area (Å²) >= 11 is 0. The van der Waals surface area contributed by atoms with E-state index in [-0.39, 0.29) is 5.91 Å². The Morgan fingerprint density at radius 3 is 2.62 bits per heavy atom. The maximum atomic E-state index is 12.3. The number of hydrogen-bond acceptors (Lipinski definition) is 3. The van der Waals surface area contributed by atoms with Gasteiger partial charge >= 0.3 is 0 Å². The molecule has 5 nitrogen and oxygen atoms in total. The summed E-state index contributed by atoms with van der Waals surface area (Å²) < 4.78 is 1.74. The Balaban J connectivity index is 1.73. The van der Waals surface area contributed by atoms with Gasteiger partial charge in [-0.2, -0.15) is 5.10 Å². The lowest BCUT2D eigenvalue weighted by Crippen LogP contribution is -2.25. The van der Waals surface area contributed by atoms with Gasteiger partial charge in [0.15, 0.2) is 5.65 Å². The number of nitrogens with zero attached hydrogens (tertiary/aromatic N) is 3. The molecule has 0 bridgehead atoms. The fourth-order valence-corrected chi connectivity index (χ4v) is 2.80. The molecule has 0 aliphatic heterocycles. The number of aromatic nitrogens is 3. The van der Waals surface area contributed by atoms with E-state index in [2.05, 4.69) is 53.5 Å². The van der Waals surface area contributed by atoms with Crippen molar-refractivity contribution < 1.29 is 4.79 Å². The number of nitrogens with one attached hydrogen (secondary N) is 1. The van der Waals surface area contributed by atoms with E-state index in [1.807, 2.05) is 6.07 Å². The van der Waals surface area contributed by atoms with Crippen molar-refractivity contribution in [2.24, 2.45) is 0 Å². The molecule has 1 saturated carbocycles. The topological polar surface area (TPSA) is 59.3 Å². The van der Waals surface area contributed by atoms with Crippen LogP contribution in [-0.4, -0.2) is 26.5 Å². The van der Waals surface area contributed by atoms with Crippen LogP contribution < -0.4 is 5.32 Å². The standard InChI is InChI=1S/C19H20N4O/c1-12(2)13-3-5-14(6-4-13)17-9-10-20-18-16(11-21-23(17)18)19(24)22-15-7-8-15/h3-6,9-12,15H,7-8H2,1-2H3,(H,22,24). The molecule has 24 heavy (non-hydrogen) atoms. The summed E-state index contributed by atoms with van der Waals surface area (Å²) in [5.74, 6) is 0.409. The Morgan fingerprint density at radius 2 is 1.96 bits per heavy atom. The minimum absolute atomic E-state index is 0.0905. The van der Waals surface area contributed by atoms with Crippen LogP contribution >= 0.6 is 0 Å². The molecule has 1 aromatic carbocycles. The predicted octanol–water partition coefficient (Wildman–Crippen LogP) is 3.41. The summed E-state index contributed by atoms with van der Waals surface area (Å²) in [6.45, 7) is 4.36. The fraction of sp³-hybridized carbons (Fsp3) is 0.316. The second kappa shape index (κ2) is 5.74. The zero-order valence-electron chi connectivity index (χ0n) is 13.9. The van der Waals surface area contributed by atoms with Crippen LogP contribution in [0.4, 0.5) is 0 Å². The smallest absolute Gasteiger partial charge is 0.256 e. The molecule has 0 atom stereocenters. The van der Waals surface area contributed by atoms with Crippen molar-refractivity contribution in [3.63, 3.8) is 0 Å². The van der Waals surface area contributed by atoms with Crippen LogP contribution in [0.15, 0.2) is 42.7 Å². The highest BCUT2D eigenvalue weighted by Crippen LogP contribution is 2.24. The van der Waals surface area contributed by atoms with Crippen LogP contribution in [0, 0.1) is 0 Å². The molecule has 2 aromatic heterocycles. The normalized spacial score (nSPS) is 14.3. The van der Waals surface area contributed by atoms with Gasteiger partial charge in [-0.05, 0) is 30.4 Å². The van der Waals surface area contributed by atoms with Gasteiger partial charge < -0.3 is 5.32 Å². The SMILES string of the molecule is CC(C)c1ccc(-c2ccnc3c(C(=O)NC4CC4)cnn23)cc1. The lowest BCUT2D eigenvalue weighted by Gasteiger charge is -2.08. The lowest BCUT2D eigenvalue weighted by molar-refractivity contribution is 0.0952. The zero-order valence-corrected chi connectivity index (χ0v) is 13.9. The summed E-state index contributed by atoms with van der Waals surface area (Å²) in [5, 5.41) is 7.39. The molecule has 1 amide bonds. The third-order valence-corrected chi connectivity index (χ3v) is 4.43. The summed E-state index contributed by atoms with van der Waals surface area (Å²) in [6.07, 6.45) is 5.46. The van der Waals surface area contributed by atoms with Crippen molar-refractivity contribution in [1.82, 2.24) is 19.9 Å². The zero-order chi connectivity index (χ0) is 16.7. The highest BCUT2D eigenvalue weighted by atomic mass is 16.1. The van der Waals surface area contributed by atoms with Crippen LogP contribution in [0.2, 0.25) is 0 Å². The van der Waals surface area contributed by atoms with Crippen molar-refractivity contribution in [1.29, 1.82) is 0 Å². The maximum Gasteiger partial charge on any atom is 0.256 e. The number of rotatable bonds is 4. The molecule has 1 fully saturated rings. The minimum atomic E-state index is -0.0905. The molecule has 1 aliphatic carbocycles. The first-order chi connectivity index (χ1) is 11.6. The largest absolute Gasteiger partial charge is 0.349 e. The second-order valence-corrected chi connectivity index (χ2v) is 6.65. The van der Waals surface area contributed by atoms with Crippen LogP contribution in [0.3, 0.4) is 0 Å². The first-order valence-electron chi connectivity index (χ1n) is 8.37. The Morgan fingerprint density at radius 1 is 1.21 bits per heavy atom. The van der Waals surface area contributed by atoms with Gasteiger partial charge in [0.2, 0.25) is 0 Å². The van der Waals surface area contributed by atoms with E-state index >= 15 is 0 Å². The highest BCUT2D eigenvalue weighted by Gasteiger charge is 2.25. The molecular weight excluding hydrogens is 300 g/mol. The van der Waals surface area contributed by atoms with Crippen molar-refractivity contribution in [2.75, 3.05) is 0 Å². The third-order valence-electron chi connectivity index (χ3n) is 4.43. The second-order valence-electron chi connectivity index (χ2n) is 6.65. The van der Waals surface area contributed by atoms with Gasteiger partial charge in [-0.1, -0.05) is 38.1 Å². The Labute approximate surface area is 140 Å². The van der Waals surface area contributed by atoms with Crippen molar-refractivity contribution in [3.05, 3.63) is 53.9 Å². The Bertz CT molecular complexity index is 891. The number of hydrogen-bond donors (Lipinski definition) is 1. The lowest BCUT2D eigenvalue weighted by atomic mass is 10.0. The fourth-order valence-electron chi connectivity index (χ4n) is 2.80. The van der Waals surface area contributed by atoms with E-state index in [0.717, 1.165) is 24.1 Å². The molecule has 4 rings (SSSR count). The molecular formula is C19H20N4O. The highest BCUT2D eigenvalue weighted by molar-refractivity contribution is 6.00. The first-order valence-corrected chi connectivity index (χ1v) is 8.37. The van der Waals surface area contributed by atoms with Gasteiger partial charge in [0, 0.05) is 17.8 Å². The van der Waals surface area contributed by atoms with Gasteiger partial charge in [0.05, 0.1) is 11.9 Å². The van der Waals surface area contributed by atoms with E-state index in [9.17, 15) is 4.79 Å². The van der Waals surface area contributed by atoms with E-state index in [4.69, 9.17) is 0 Å². The average molecular weight is 320 g/mol. The number of benzene rings is 1. The summed E-state index contributed by atoms with van der Waals surface area (Å²) in [7, 11) is 0. The van der Waals surface area contributed by atoms with Gasteiger partial charge in [0.25, 0.3) is 5.91 Å². The monoisotopic (exact) mass is 320 g/mol. The number of carbonyl (C=O) groups is 1. The first kappa shape index (κ1) is 14.9. The summed E-state index contributed by atoms with van der Waals surface area (Å²) in [5.41, 5.74) is 4.42. The quantitative estimate of drug-likeness (QED) is 0.801. The van der Waals surface area contributed by atoms with Gasteiger partial charge in [0.1, 0.15) is 5.56 Å². The van der Waals surface area contributed by atoms with E-state index in [1.165, 1.54) is 5.56 Å². The number of amides is 1. The van der Waals surface area contributed by atoms with Crippen LogP contribution in [0.1, 0.15) is 48.5 Å². The van der Waals surface area contributed by atoms with Crippen molar-refractivity contribution in [3.8, 4) is 11.3 Å². The minimum Gasteiger partial charge on any atom is -0.349 e. The molecule has 0 unspecified atom stereocenters. The maximum absolute atomic E-state index is 12.3. The number of carbonyl (C=O) groups excluding carboxylic acids is 1. The molecule has 2 heterocycles. The molecule has 0 spiro atoms. The average Bonchev–Trinajstić information content (AvgIpc) is 3.29. The van der Waals surface area contributed by atoms with Gasteiger partial charge in [-0.25, -0.2) is 9.50 Å². The molecule has 1 aliphatic rings. The van der Waals surface area contributed by atoms with Gasteiger partial charge in [-0.3, -0.25) is 4.79 Å². The Kier molecular flexibility index (Phi) is 3.56. The van der Waals surface area contributed by atoms with Crippen LogP contribution in [0.5, 0.6) is 0 Å². The predicted molar refractivity (Wildman–Crippen MR) is 93.0 cm³/mol. The van der Waals surface area contributed by atoms with Gasteiger partial charge in [-0.15, -0.1) is 0 Å². The van der Waals surface area contributed by atoms with E-state index < -0.39 is 0 Å².